The lowest BCUT2D eigenvalue weighted by Crippen LogP contribution is -2.46. The van der Waals surface area contributed by atoms with Crippen LogP contribution in [0.25, 0.3) is 11.0 Å². The van der Waals surface area contributed by atoms with Crippen molar-refractivity contribution in [3.63, 3.8) is 0 Å². The Balaban J connectivity index is 2.03. The van der Waals surface area contributed by atoms with Crippen LogP contribution in [0.4, 0.5) is 17.6 Å². The molecule has 0 spiro atoms. The molecule has 0 fully saturated rings. The van der Waals surface area contributed by atoms with Gasteiger partial charge < -0.3 is 9.88 Å². The molecule has 1 heterocycles. The topological polar surface area (TPSA) is 46.9 Å². The van der Waals surface area contributed by atoms with Crippen LogP contribution >= 0.6 is 0 Å². The lowest BCUT2D eigenvalue weighted by Gasteiger charge is -2.15. The number of halogens is 4. The van der Waals surface area contributed by atoms with E-state index >= 15 is 0 Å². The molecule has 0 atom stereocenters. The summed E-state index contributed by atoms with van der Waals surface area (Å²) in [6, 6.07) is 7.20. The summed E-state index contributed by atoms with van der Waals surface area (Å²) in [5.74, 6) is -6.00. The summed E-state index contributed by atoms with van der Waals surface area (Å²) < 4.78 is 51.3. The number of imidazole rings is 1. The molecule has 1 amide bonds. The first kappa shape index (κ1) is 15.3. The van der Waals surface area contributed by atoms with Crippen LogP contribution in [0.5, 0.6) is 0 Å². The predicted octanol–water partition coefficient (Wildman–Crippen LogP) is 2.36. The average molecular weight is 303 g/mol. The minimum atomic E-state index is -4.67. The first-order valence-corrected chi connectivity index (χ1v) is 6.20. The van der Waals surface area contributed by atoms with Gasteiger partial charge in [-0.15, -0.1) is 0 Å². The van der Waals surface area contributed by atoms with E-state index < -0.39 is 18.3 Å². The zero-order valence-electron chi connectivity index (χ0n) is 11.1. The van der Waals surface area contributed by atoms with Gasteiger partial charge >= 0.3 is 12.3 Å². The predicted molar refractivity (Wildman–Crippen MR) is 68.4 cm³/mol. The molecule has 4 nitrogen and oxygen atoms in total. The maximum absolute atomic E-state index is 12.8. The molecule has 1 aromatic heterocycles. The van der Waals surface area contributed by atoms with Gasteiger partial charge in [0.15, 0.2) is 0 Å². The fourth-order valence-electron chi connectivity index (χ4n) is 1.98. The van der Waals surface area contributed by atoms with Crippen LogP contribution < -0.4 is 5.32 Å². The molecule has 0 unspecified atom stereocenters. The summed E-state index contributed by atoms with van der Waals surface area (Å²) in [5.41, 5.74) is 1.52. The molecule has 21 heavy (non-hydrogen) atoms. The van der Waals surface area contributed by atoms with Crippen LogP contribution in [0.2, 0.25) is 0 Å². The van der Waals surface area contributed by atoms with Gasteiger partial charge in [0.05, 0.1) is 11.0 Å². The molecule has 0 aliphatic carbocycles. The second-order valence-corrected chi connectivity index (χ2v) is 4.48. The Morgan fingerprint density at radius 1 is 1.38 bits per heavy atom. The van der Waals surface area contributed by atoms with Gasteiger partial charge in [-0.25, -0.2) is 13.8 Å². The normalized spacial score (nSPS) is 12.1. The Bertz CT molecular complexity index is 654. The quantitative estimate of drug-likeness (QED) is 0.862. The lowest BCUT2D eigenvalue weighted by atomic mass is 10.3. The first-order valence-electron chi connectivity index (χ1n) is 6.20. The number of nitrogens with zero attached hydrogens (tertiary/aromatic N) is 2. The number of alkyl halides is 4. The van der Waals surface area contributed by atoms with Crippen molar-refractivity contribution in [1.82, 2.24) is 14.9 Å². The standard InChI is InChI=1S/C13H13F4N3O/c1-8-19-9-4-2-3-5-10(9)20(8)7-6-18-12(21)13(16,17)11(14)15/h2-5,11H,6-7H2,1H3,(H,18,21). The fraction of sp³-hybridized carbons (Fsp3) is 0.385. The summed E-state index contributed by atoms with van der Waals surface area (Å²) >= 11 is 0. The molecule has 0 bridgehead atoms. The molecule has 0 saturated carbocycles. The van der Waals surface area contributed by atoms with E-state index in [1.807, 2.05) is 11.4 Å². The number of fused-ring (bicyclic) bond motifs is 1. The lowest BCUT2D eigenvalue weighted by molar-refractivity contribution is -0.169. The molecular weight excluding hydrogens is 290 g/mol. The van der Waals surface area contributed by atoms with Crippen molar-refractivity contribution in [2.45, 2.75) is 25.8 Å². The van der Waals surface area contributed by atoms with Gasteiger partial charge in [-0.3, -0.25) is 4.79 Å². The number of para-hydroxylation sites is 2. The summed E-state index contributed by atoms with van der Waals surface area (Å²) in [7, 11) is 0. The number of amides is 1. The minimum absolute atomic E-state index is 0.164. The highest BCUT2D eigenvalue weighted by Crippen LogP contribution is 2.22. The highest BCUT2D eigenvalue weighted by molar-refractivity contribution is 5.83. The minimum Gasteiger partial charge on any atom is -0.349 e. The van der Waals surface area contributed by atoms with Gasteiger partial charge in [0.2, 0.25) is 0 Å². The van der Waals surface area contributed by atoms with Crippen molar-refractivity contribution >= 4 is 16.9 Å². The Hall–Kier alpha value is -2.12. The molecule has 0 aliphatic rings. The molecule has 2 rings (SSSR count). The number of aryl methyl sites for hydroxylation is 1. The Labute approximate surface area is 117 Å². The molecule has 1 N–H and O–H groups in total. The van der Waals surface area contributed by atoms with Crippen LogP contribution in [0.15, 0.2) is 24.3 Å². The van der Waals surface area contributed by atoms with E-state index in [0.717, 1.165) is 11.0 Å². The Morgan fingerprint density at radius 2 is 2.05 bits per heavy atom. The van der Waals surface area contributed by atoms with E-state index in [1.54, 1.807) is 29.7 Å². The molecule has 8 heteroatoms. The van der Waals surface area contributed by atoms with Gasteiger partial charge in [-0.05, 0) is 19.1 Å². The van der Waals surface area contributed by atoms with Gasteiger partial charge in [0.1, 0.15) is 5.82 Å². The third-order valence-corrected chi connectivity index (χ3v) is 3.04. The van der Waals surface area contributed by atoms with Crippen molar-refractivity contribution in [1.29, 1.82) is 0 Å². The zero-order valence-corrected chi connectivity index (χ0v) is 11.1. The number of rotatable bonds is 5. The largest absolute Gasteiger partial charge is 0.383 e. The van der Waals surface area contributed by atoms with E-state index in [4.69, 9.17) is 0 Å². The van der Waals surface area contributed by atoms with Crippen molar-refractivity contribution < 1.29 is 22.4 Å². The highest BCUT2D eigenvalue weighted by Gasteiger charge is 2.48. The highest BCUT2D eigenvalue weighted by atomic mass is 19.3. The number of carbonyl (C=O) groups is 1. The van der Waals surface area contributed by atoms with Crippen molar-refractivity contribution in [2.24, 2.45) is 0 Å². The Kier molecular flexibility index (Phi) is 4.15. The maximum atomic E-state index is 12.8. The monoisotopic (exact) mass is 303 g/mol. The van der Waals surface area contributed by atoms with Crippen LogP contribution in [-0.4, -0.2) is 34.4 Å². The molecule has 0 radical (unpaired) electrons. The molecular formula is C13H13F4N3O. The second-order valence-electron chi connectivity index (χ2n) is 4.48. The van der Waals surface area contributed by atoms with E-state index in [1.165, 1.54) is 0 Å². The SMILES string of the molecule is Cc1nc2ccccc2n1CCNC(=O)C(F)(F)C(F)F. The molecule has 0 aliphatic heterocycles. The molecule has 114 valence electrons. The van der Waals surface area contributed by atoms with Crippen LogP contribution in [0.1, 0.15) is 5.82 Å². The Morgan fingerprint density at radius 3 is 2.71 bits per heavy atom. The van der Waals surface area contributed by atoms with Crippen molar-refractivity contribution in [2.75, 3.05) is 6.54 Å². The number of benzene rings is 1. The molecule has 2 aromatic rings. The number of carbonyl (C=O) groups excluding carboxylic acids is 1. The van der Waals surface area contributed by atoms with Crippen LogP contribution in [0, 0.1) is 6.92 Å². The third-order valence-electron chi connectivity index (χ3n) is 3.04. The summed E-state index contributed by atoms with van der Waals surface area (Å²) in [4.78, 5) is 15.3. The van der Waals surface area contributed by atoms with E-state index in [-0.39, 0.29) is 13.1 Å². The molecule has 0 saturated heterocycles. The maximum Gasteiger partial charge on any atom is 0.383 e. The second kappa shape index (κ2) is 5.71. The van der Waals surface area contributed by atoms with Crippen molar-refractivity contribution in [3.8, 4) is 0 Å². The summed E-state index contributed by atoms with van der Waals surface area (Å²) in [6.45, 7) is 1.70. The van der Waals surface area contributed by atoms with Gasteiger partial charge in [-0.2, -0.15) is 8.78 Å². The van der Waals surface area contributed by atoms with E-state index in [9.17, 15) is 22.4 Å². The summed E-state index contributed by atoms with van der Waals surface area (Å²) in [6.07, 6.45) is -4.02. The van der Waals surface area contributed by atoms with Crippen molar-refractivity contribution in [3.05, 3.63) is 30.1 Å². The van der Waals surface area contributed by atoms with Gasteiger partial charge in [0, 0.05) is 13.1 Å². The molecule has 1 aromatic carbocycles. The van der Waals surface area contributed by atoms with E-state index in [0.29, 0.717) is 5.82 Å². The third kappa shape index (κ3) is 2.98. The van der Waals surface area contributed by atoms with Crippen LogP contribution in [-0.2, 0) is 11.3 Å². The zero-order chi connectivity index (χ0) is 15.6. The van der Waals surface area contributed by atoms with Gasteiger partial charge in [0.25, 0.3) is 5.91 Å². The number of hydrogen-bond acceptors (Lipinski definition) is 2. The van der Waals surface area contributed by atoms with Crippen LogP contribution in [0.3, 0.4) is 0 Å². The fourth-order valence-corrected chi connectivity index (χ4v) is 1.98. The summed E-state index contributed by atoms with van der Waals surface area (Å²) in [5, 5.41) is 1.82. The smallest absolute Gasteiger partial charge is 0.349 e. The first-order chi connectivity index (χ1) is 9.84. The van der Waals surface area contributed by atoms with E-state index in [2.05, 4.69) is 4.98 Å². The van der Waals surface area contributed by atoms with Gasteiger partial charge in [-0.1, -0.05) is 12.1 Å². The number of aromatic nitrogens is 2. The number of nitrogens with one attached hydrogen (secondary N) is 1. The number of hydrogen-bond donors (Lipinski definition) is 1. The average Bonchev–Trinajstić information content (AvgIpc) is 2.74.